The number of aryl methyl sites for hydroxylation is 1. The lowest BCUT2D eigenvalue weighted by Gasteiger charge is -2.13. The van der Waals surface area contributed by atoms with Crippen LogP contribution in [0.5, 0.6) is 0 Å². The molecule has 0 heterocycles. The summed E-state index contributed by atoms with van der Waals surface area (Å²) in [6.07, 6.45) is -4.56. The number of nitrogens with one attached hydrogen (secondary N) is 2. The molecule has 33 heavy (non-hydrogen) atoms. The van der Waals surface area contributed by atoms with Crippen molar-refractivity contribution in [3.8, 4) is 0 Å². The number of hydrogen-bond donors (Lipinski definition) is 2. The summed E-state index contributed by atoms with van der Waals surface area (Å²) in [6, 6.07) is 12.3. The Morgan fingerprint density at radius 2 is 1.64 bits per heavy atom. The van der Waals surface area contributed by atoms with Crippen molar-refractivity contribution >= 4 is 46.3 Å². The first-order valence-electron chi connectivity index (χ1n) is 9.46. The van der Waals surface area contributed by atoms with E-state index < -0.39 is 30.2 Å². The van der Waals surface area contributed by atoms with E-state index in [2.05, 4.69) is 5.32 Å². The molecule has 2 N–H and O–H groups in total. The van der Waals surface area contributed by atoms with Gasteiger partial charge in [-0.05, 0) is 61.0 Å². The topological polar surface area (TPSA) is 58.2 Å². The number of benzene rings is 3. The maximum Gasteiger partial charge on any atom is 0.405 e. The van der Waals surface area contributed by atoms with Gasteiger partial charge in [0.25, 0.3) is 5.91 Å². The van der Waals surface area contributed by atoms with Gasteiger partial charge in [-0.25, -0.2) is 4.39 Å². The molecule has 0 atom stereocenters. The molecule has 0 unspecified atom stereocenters. The average molecular weight is 499 g/mol. The van der Waals surface area contributed by atoms with Crippen molar-refractivity contribution in [1.82, 2.24) is 5.32 Å². The van der Waals surface area contributed by atoms with Crippen LogP contribution in [0.25, 0.3) is 0 Å². The van der Waals surface area contributed by atoms with Crippen LogP contribution in [0.3, 0.4) is 0 Å². The van der Waals surface area contributed by atoms with Crippen molar-refractivity contribution < 1.29 is 27.2 Å². The number of hydrogen-bond acceptors (Lipinski definition) is 3. The largest absolute Gasteiger partial charge is 0.405 e. The van der Waals surface area contributed by atoms with Gasteiger partial charge in [0.2, 0.25) is 0 Å². The fourth-order valence-electron chi connectivity index (χ4n) is 2.96. The number of carbonyl (C=O) groups is 2. The predicted octanol–water partition coefficient (Wildman–Crippen LogP) is 6.71. The van der Waals surface area contributed by atoms with Gasteiger partial charge < -0.3 is 10.6 Å². The quantitative estimate of drug-likeness (QED) is 0.293. The first kappa shape index (κ1) is 24.5. The number of rotatable bonds is 6. The van der Waals surface area contributed by atoms with E-state index in [4.69, 9.17) is 23.2 Å². The summed E-state index contributed by atoms with van der Waals surface area (Å²) in [6.45, 7) is 0.145. The summed E-state index contributed by atoms with van der Waals surface area (Å²) in [5.41, 5.74) is 1.60. The maximum absolute atomic E-state index is 13.2. The highest BCUT2D eigenvalue weighted by atomic mass is 35.5. The van der Waals surface area contributed by atoms with Crippen LogP contribution in [-0.4, -0.2) is 24.4 Å². The van der Waals surface area contributed by atoms with E-state index in [1.807, 2.05) is 0 Å². The van der Waals surface area contributed by atoms with Gasteiger partial charge in [-0.2, -0.15) is 13.2 Å². The lowest BCUT2D eigenvalue weighted by molar-refractivity contribution is -0.123. The molecule has 0 aliphatic rings. The summed E-state index contributed by atoms with van der Waals surface area (Å²) in [4.78, 5) is 25.1. The molecule has 3 aromatic carbocycles. The second kappa shape index (κ2) is 9.80. The highest BCUT2D eigenvalue weighted by Gasteiger charge is 2.28. The SMILES string of the molecule is Cc1ccc(C(=O)NCC(F)(F)F)cc1C(=O)c1ccc(Nc2ccc(F)cc2Cl)cc1Cl. The summed E-state index contributed by atoms with van der Waals surface area (Å²) < 4.78 is 50.3. The van der Waals surface area contributed by atoms with Gasteiger partial charge >= 0.3 is 6.18 Å². The Morgan fingerprint density at radius 1 is 0.909 bits per heavy atom. The summed E-state index contributed by atoms with van der Waals surface area (Å²) >= 11 is 12.3. The van der Waals surface area contributed by atoms with E-state index in [0.29, 0.717) is 16.9 Å². The lowest BCUT2D eigenvalue weighted by atomic mass is 9.96. The van der Waals surface area contributed by atoms with Crippen molar-refractivity contribution in [2.75, 3.05) is 11.9 Å². The molecule has 3 aromatic rings. The van der Waals surface area contributed by atoms with Crippen LogP contribution in [0.4, 0.5) is 28.9 Å². The minimum absolute atomic E-state index is 0.0893. The van der Waals surface area contributed by atoms with Gasteiger partial charge in [-0.15, -0.1) is 0 Å². The molecule has 0 fully saturated rings. The normalized spacial score (nSPS) is 11.2. The minimum atomic E-state index is -4.56. The standard InChI is InChI=1S/C23H16Cl2F4N2O2/c1-12-2-3-13(22(33)30-11-23(27,28)29)8-17(12)21(32)16-6-5-15(10-18(16)24)31-20-7-4-14(26)9-19(20)25/h2-10,31H,11H2,1H3,(H,30,33). The van der Waals surface area contributed by atoms with Crippen LogP contribution in [0.15, 0.2) is 54.6 Å². The highest BCUT2D eigenvalue weighted by Crippen LogP contribution is 2.30. The Bertz CT molecular complexity index is 1230. The van der Waals surface area contributed by atoms with Crippen LogP contribution in [0.2, 0.25) is 10.0 Å². The van der Waals surface area contributed by atoms with Gasteiger partial charge in [0.1, 0.15) is 12.4 Å². The van der Waals surface area contributed by atoms with E-state index in [1.54, 1.807) is 18.3 Å². The third-order valence-corrected chi connectivity index (χ3v) is 5.24. The number of anilines is 2. The van der Waals surface area contributed by atoms with E-state index >= 15 is 0 Å². The van der Waals surface area contributed by atoms with Crippen LogP contribution in [0.1, 0.15) is 31.8 Å². The number of halogens is 6. The molecule has 0 spiro atoms. The molecule has 172 valence electrons. The average Bonchev–Trinajstić information content (AvgIpc) is 2.73. The molecule has 0 aromatic heterocycles. The number of amides is 1. The molecular formula is C23H16Cl2F4N2O2. The van der Waals surface area contributed by atoms with Gasteiger partial charge in [0.05, 0.1) is 15.7 Å². The zero-order valence-electron chi connectivity index (χ0n) is 17.0. The van der Waals surface area contributed by atoms with Crippen molar-refractivity contribution in [1.29, 1.82) is 0 Å². The zero-order valence-corrected chi connectivity index (χ0v) is 18.5. The minimum Gasteiger partial charge on any atom is -0.354 e. The third kappa shape index (κ3) is 6.24. The Balaban J connectivity index is 1.83. The highest BCUT2D eigenvalue weighted by molar-refractivity contribution is 6.35. The van der Waals surface area contributed by atoms with Crippen molar-refractivity contribution in [2.45, 2.75) is 13.1 Å². The predicted molar refractivity (Wildman–Crippen MR) is 119 cm³/mol. The Hall–Kier alpha value is -3.10. The molecule has 0 saturated carbocycles. The van der Waals surface area contributed by atoms with Crippen LogP contribution < -0.4 is 10.6 Å². The van der Waals surface area contributed by atoms with Crippen molar-refractivity contribution in [3.05, 3.63) is 92.7 Å². The first-order valence-corrected chi connectivity index (χ1v) is 10.2. The molecule has 10 heteroatoms. The molecule has 0 saturated heterocycles. The van der Waals surface area contributed by atoms with E-state index in [0.717, 1.165) is 6.07 Å². The Labute approximate surface area is 196 Å². The maximum atomic E-state index is 13.2. The smallest absolute Gasteiger partial charge is 0.354 e. The zero-order chi connectivity index (χ0) is 24.3. The van der Waals surface area contributed by atoms with Gasteiger partial charge in [-0.1, -0.05) is 29.3 Å². The molecular weight excluding hydrogens is 483 g/mol. The number of carbonyl (C=O) groups excluding carboxylic acids is 2. The first-order chi connectivity index (χ1) is 15.4. The van der Waals surface area contributed by atoms with Crippen LogP contribution in [-0.2, 0) is 0 Å². The Kier molecular flexibility index (Phi) is 7.29. The Morgan fingerprint density at radius 3 is 2.27 bits per heavy atom. The number of alkyl halides is 3. The fraction of sp³-hybridized carbons (Fsp3) is 0.130. The van der Waals surface area contributed by atoms with Crippen LogP contribution >= 0.6 is 23.2 Å². The van der Waals surface area contributed by atoms with E-state index in [9.17, 15) is 27.2 Å². The van der Waals surface area contributed by atoms with E-state index in [1.165, 1.54) is 42.5 Å². The molecule has 0 aliphatic heterocycles. The second-order valence-electron chi connectivity index (χ2n) is 7.10. The van der Waals surface area contributed by atoms with E-state index in [-0.39, 0.29) is 26.7 Å². The summed E-state index contributed by atoms with van der Waals surface area (Å²) in [5.74, 6) is -1.95. The molecule has 0 aliphatic carbocycles. The summed E-state index contributed by atoms with van der Waals surface area (Å²) in [5, 5.41) is 4.99. The fourth-order valence-corrected chi connectivity index (χ4v) is 3.44. The van der Waals surface area contributed by atoms with Crippen LogP contribution in [0, 0.1) is 12.7 Å². The molecule has 4 nitrogen and oxygen atoms in total. The van der Waals surface area contributed by atoms with Gasteiger partial charge in [-0.3, -0.25) is 9.59 Å². The molecule has 0 radical (unpaired) electrons. The lowest BCUT2D eigenvalue weighted by Crippen LogP contribution is -2.33. The monoisotopic (exact) mass is 498 g/mol. The van der Waals surface area contributed by atoms with Crippen molar-refractivity contribution in [3.63, 3.8) is 0 Å². The van der Waals surface area contributed by atoms with Crippen molar-refractivity contribution in [2.24, 2.45) is 0 Å². The third-order valence-electron chi connectivity index (χ3n) is 4.62. The van der Waals surface area contributed by atoms with Gasteiger partial charge in [0.15, 0.2) is 5.78 Å². The molecule has 0 bridgehead atoms. The number of ketones is 1. The van der Waals surface area contributed by atoms with Gasteiger partial charge in [0, 0.05) is 22.4 Å². The second-order valence-corrected chi connectivity index (χ2v) is 7.91. The molecule has 1 amide bonds. The molecule has 3 rings (SSSR count). The summed E-state index contributed by atoms with van der Waals surface area (Å²) in [7, 11) is 0.